The fraction of sp³-hybridized carbons (Fsp3) is 0. The summed E-state index contributed by atoms with van der Waals surface area (Å²) in [5.41, 5.74) is 0. The van der Waals surface area contributed by atoms with E-state index in [9.17, 15) is 0 Å². The summed E-state index contributed by atoms with van der Waals surface area (Å²) in [6, 6.07) is 0. The maximum absolute atomic E-state index is 0. The Bertz CT molecular complexity index is 8.00. The molecule has 0 aromatic heterocycles. The molecule has 0 spiro atoms. The Hall–Kier alpha value is 1.94. The van der Waals surface area contributed by atoms with E-state index in [0.717, 1.165) is 0 Å². The van der Waals surface area contributed by atoms with E-state index in [1.807, 2.05) is 0 Å². The summed E-state index contributed by atoms with van der Waals surface area (Å²) < 4.78 is 0. The molecular weight excluding hydrogens is 91.4 g/mol. The van der Waals surface area contributed by atoms with Crippen molar-refractivity contribution < 1.29 is 5.48 Å². The first kappa shape index (κ1) is 38.5. The fourth-order valence-corrected chi connectivity index (χ4v) is 0. The van der Waals surface area contributed by atoms with Gasteiger partial charge in [0, 0.05) is 63.6 Å². The quantitative estimate of drug-likeness (QED) is 0.311. The van der Waals surface area contributed by atoms with Crippen LogP contribution in [0, 0.1) is 0 Å². The smallest absolute Gasteiger partial charge is 0 e. The molecule has 2 N–H and O–H groups in total. The molecule has 0 aromatic rings. The molecular formula is H2MgNaOSi. The van der Waals surface area contributed by atoms with Crippen molar-refractivity contribution in [3.05, 3.63) is 0 Å². The molecule has 4 heavy (non-hydrogen) atoms. The summed E-state index contributed by atoms with van der Waals surface area (Å²) in [7, 11) is 0. The van der Waals surface area contributed by atoms with Gasteiger partial charge in [-0.1, -0.05) is 0 Å². The zero-order valence-corrected chi connectivity index (χ0v) is 7.12. The largest absolute Gasteiger partial charge is 0.412 e. The molecule has 0 saturated heterocycles. The van der Waals surface area contributed by atoms with Crippen LogP contribution in [0.25, 0.3) is 0 Å². The second-order valence-corrected chi connectivity index (χ2v) is 0. The van der Waals surface area contributed by atoms with Gasteiger partial charge < -0.3 is 5.48 Å². The monoisotopic (exact) mass is 93.0 g/mol. The Morgan fingerprint density at radius 2 is 1.00 bits per heavy atom. The second kappa shape index (κ2) is 20.4. The van der Waals surface area contributed by atoms with Gasteiger partial charge >= 0.3 is 0 Å². The molecule has 0 saturated carbocycles. The number of hydrogen-bond donors (Lipinski definition) is 0. The van der Waals surface area contributed by atoms with Crippen LogP contribution in [0.15, 0.2) is 0 Å². The van der Waals surface area contributed by atoms with E-state index in [4.69, 9.17) is 0 Å². The van der Waals surface area contributed by atoms with Gasteiger partial charge in [-0.15, -0.1) is 0 Å². The van der Waals surface area contributed by atoms with Crippen molar-refractivity contribution >= 4 is 63.6 Å². The Morgan fingerprint density at radius 3 is 1.00 bits per heavy atom. The van der Waals surface area contributed by atoms with Crippen molar-refractivity contribution in [2.75, 3.05) is 0 Å². The van der Waals surface area contributed by atoms with Gasteiger partial charge in [0.1, 0.15) is 0 Å². The molecule has 0 rings (SSSR count). The van der Waals surface area contributed by atoms with Gasteiger partial charge in [-0.05, 0) is 0 Å². The van der Waals surface area contributed by atoms with E-state index in [1.165, 1.54) is 0 Å². The third-order valence-corrected chi connectivity index (χ3v) is 0. The molecule has 4 heteroatoms. The van der Waals surface area contributed by atoms with Crippen molar-refractivity contribution in [3.8, 4) is 0 Å². The molecule has 0 aliphatic rings. The maximum Gasteiger partial charge on any atom is 0 e. The molecule has 0 unspecified atom stereocenters. The van der Waals surface area contributed by atoms with Gasteiger partial charge in [0.15, 0.2) is 0 Å². The molecule has 0 atom stereocenters. The van der Waals surface area contributed by atoms with E-state index in [-0.39, 0.29) is 69.1 Å². The number of hydrogen-bond acceptors (Lipinski definition) is 0. The third-order valence-electron chi connectivity index (χ3n) is 0. The van der Waals surface area contributed by atoms with Gasteiger partial charge in [0.2, 0.25) is 0 Å². The first-order chi connectivity index (χ1) is 0. The minimum atomic E-state index is 0. The van der Waals surface area contributed by atoms with Crippen LogP contribution in [0.2, 0.25) is 0 Å². The van der Waals surface area contributed by atoms with Crippen LogP contribution in [0.1, 0.15) is 0 Å². The van der Waals surface area contributed by atoms with Crippen molar-refractivity contribution in [2.45, 2.75) is 0 Å². The van der Waals surface area contributed by atoms with Gasteiger partial charge in [0.05, 0.1) is 0 Å². The van der Waals surface area contributed by atoms with Crippen molar-refractivity contribution in [1.82, 2.24) is 0 Å². The third kappa shape index (κ3) is 9.05. The first-order valence-corrected chi connectivity index (χ1v) is 0. The first-order valence-electron chi connectivity index (χ1n) is 0. The predicted molar refractivity (Wildman–Crippen MR) is 20.9 cm³/mol. The Labute approximate surface area is 68.3 Å². The minimum absolute atomic E-state index is 0. The summed E-state index contributed by atoms with van der Waals surface area (Å²) >= 11 is 0. The molecule has 0 heterocycles. The van der Waals surface area contributed by atoms with Gasteiger partial charge in [-0.2, -0.15) is 0 Å². The topological polar surface area (TPSA) is 31.5 Å². The average molecular weight is 93.4 g/mol. The van der Waals surface area contributed by atoms with Crippen molar-refractivity contribution in [3.63, 3.8) is 0 Å². The van der Waals surface area contributed by atoms with Crippen molar-refractivity contribution in [1.29, 1.82) is 0 Å². The van der Waals surface area contributed by atoms with Crippen LogP contribution in [0.3, 0.4) is 0 Å². The van der Waals surface area contributed by atoms with E-state index < -0.39 is 0 Å². The molecule has 0 aromatic carbocycles. The molecule has 0 amide bonds. The molecule has 15 valence electrons. The van der Waals surface area contributed by atoms with E-state index in [0.29, 0.717) is 0 Å². The summed E-state index contributed by atoms with van der Waals surface area (Å²) in [5, 5.41) is 0. The van der Waals surface area contributed by atoms with Gasteiger partial charge in [-0.3, -0.25) is 0 Å². The fourth-order valence-electron chi connectivity index (χ4n) is 0. The summed E-state index contributed by atoms with van der Waals surface area (Å²) in [6.45, 7) is 0. The zero-order chi connectivity index (χ0) is 0. The maximum atomic E-state index is 0. The van der Waals surface area contributed by atoms with Gasteiger partial charge in [0.25, 0.3) is 0 Å². The Morgan fingerprint density at radius 1 is 1.00 bits per heavy atom. The molecule has 0 bridgehead atoms. The predicted octanol–water partition coefficient (Wildman–Crippen LogP) is -1.97. The van der Waals surface area contributed by atoms with Crippen LogP contribution in [-0.4, -0.2) is 69.1 Å². The molecule has 7 radical (unpaired) electrons. The molecule has 0 aliphatic heterocycles. The summed E-state index contributed by atoms with van der Waals surface area (Å²) in [4.78, 5) is 0. The minimum Gasteiger partial charge on any atom is -0.412 e. The van der Waals surface area contributed by atoms with Crippen LogP contribution in [-0.2, 0) is 0 Å². The Kier molecular flexibility index (Phi) is 196. The van der Waals surface area contributed by atoms with Gasteiger partial charge in [-0.25, -0.2) is 0 Å². The van der Waals surface area contributed by atoms with Crippen LogP contribution >= 0.6 is 0 Å². The average Bonchev–Trinajstić information content (AvgIpc) is 0. The van der Waals surface area contributed by atoms with E-state index in [1.54, 1.807) is 0 Å². The molecule has 0 aliphatic carbocycles. The van der Waals surface area contributed by atoms with E-state index in [2.05, 4.69) is 0 Å². The van der Waals surface area contributed by atoms with Crippen LogP contribution < -0.4 is 0 Å². The standard InChI is InChI=1S/Mg.Na.H2O.Si/h;;1H2;. The second-order valence-electron chi connectivity index (χ2n) is 0. The molecule has 0 fully saturated rings. The van der Waals surface area contributed by atoms with E-state index >= 15 is 0 Å². The van der Waals surface area contributed by atoms with Crippen LogP contribution in [0.4, 0.5) is 0 Å². The normalized spacial score (nSPS) is 0. The molecule has 1 nitrogen and oxygen atoms in total. The summed E-state index contributed by atoms with van der Waals surface area (Å²) in [5.74, 6) is 0. The SMILES string of the molecule is O.[Mg].[Na].[Si]. The Balaban J connectivity index is 0. The number of rotatable bonds is 0. The zero-order valence-electron chi connectivity index (χ0n) is 2.71. The summed E-state index contributed by atoms with van der Waals surface area (Å²) in [6.07, 6.45) is 0. The van der Waals surface area contributed by atoms with Crippen LogP contribution in [0.5, 0.6) is 0 Å². The van der Waals surface area contributed by atoms with Crippen molar-refractivity contribution in [2.24, 2.45) is 0 Å².